The maximum atomic E-state index is 9.03. The number of hydrogen-bond acceptors (Lipinski definition) is 6. The first-order chi connectivity index (χ1) is 12.2. The van der Waals surface area contributed by atoms with Gasteiger partial charge in [-0.2, -0.15) is 4.52 Å². The SMILES string of the molecule is Cc1sc2nc(NCCCO)n3nc(-c4ccccc4)nc3c2c1C. The Morgan fingerprint density at radius 2 is 1.96 bits per heavy atom. The second kappa shape index (κ2) is 6.42. The molecule has 0 atom stereocenters. The van der Waals surface area contributed by atoms with E-state index in [4.69, 9.17) is 15.1 Å². The van der Waals surface area contributed by atoms with Gasteiger partial charge >= 0.3 is 0 Å². The highest BCUT2D eigenvalue weighted by atomic mass is 32.1. The Hall–Kier alpha value is -2.51. The fraction of sp³-hybridized carbons (Fsp3) is 0.278. The molecule has 0 fully saturated rings. The molecule has 0 saturated carbocycles. The number of aliphatic hydroxyl groups is 1. The van der Waals surface area contributed by atoms with Gasteiger partial charge in [-0.1, -0.05) is 30.3 Å². The van der Waals surface area contributed by atoms with E-state index >= 15 is 0 Å². The molecule has 2 N–H and O–H groups in total. The zero-order valence-corrected chi connectivity index (χ0v) is 15.0. The zero-order valence-electron chi connectivity index (χ0n) is 14.2. The molecule has 0 saturated heterocycles. The summed E-state index contributed by atoms with van der Waals surface area (Å²) >= 11 is 1.67. The minimum absolute atomic E-state index is 0.141. The van der Waals surface area contributed by atoms with Crippen LogP contribution in [0.1, 0.15) is 16.9 Å². The first-order valence-electron chi connectivity index (χ1n) is 8.25. The van der Waals surface area contributed by atoms with Crippen molar-refractivity contribution in [3.05, 3.63) is 40.8 Å². The fourth-order valence-electron chi connectivity index (χ4n) is 2.82. The minimum Gasteiger partial charge on any atom is -0.396 e. The molecule has 6 nitrogen and oxygen atoms in total. The van der Waals surface area contributed by atoms with Crippen molar-refractivity contribution in [1.82, 2.24) is 19.6 Å². The van der Waals surface area contributed by atoms with E-state index in [0.717, 1.165) is 21.4 Å². The highest BCUT2D eigenvalue weighted by molar-refractivity contribution is 7.18. The van der Waals surface area contributed by atoms with Crippen molar-refractivity contribution in [3.63, 3.8) is 0 Å². The van der Waals surface area contributed by atoms with Gasteiger partial charge in [-0.3, -0.25) is 0 Å². The highest BCUT2D eigenvalue weighted by Crippen LogP contribution is 2.33. The number of hydrogen-bond donors (Lipinski definition) is 2. The van der Waals surface area contributed by atoms with Crippen molar-refractivity contribution in [1.29, 1.82) is 0 Å². The van der Waals surface area contributed by atoms with Crippen LogP contribution < -0.4 is 5.32 Å². The standard InChI is InChI=1S/C18H19N5OS/c1-11-12(2)25-17-14(11)16-20-15(13-7-4-3-5-8-13)22-23(16)18(21-17)19-9-6-10-24/h3-5,7-8,24H,6,9-10H2,1-2H3,(H,19,21). The molecule has 3 heterocycles. The van der Waals surface area contributed by atoms with Gasteiger partial charge in [0.15, 0.2) is 11.5 Å². The van der Waals surface area contributed by atoms with Gasteiger partial charge in [-0.05, 0) is 25.8 Å². The summed E-state index contributed by atoms with van der Waals surface area (Å²) in [5.74, 6) is 1.34. The van der Waals surface area contributed by atoms with E-state index < -0.39 is 0 Å². The summed E-state index contributed by atoms with van der Waals surface area (Å²) < 4.78 is 1.78. The lowest BCUT2D eigenvalue weighted by atomic mass is 10.2. The van der Waals surface area contributed by atoms with Crippen molar-refractivity contribution in [2.24, 2.45) is 0 Å². The summed E-state index contributed by atoms with van der Waals surface area (Å²) in [4.78, 5) is 11.7. The molecule has 0 bridgehead atoms. The molecular weight excluding hydrogens is 334 g/mol. The molecule has 25 heavy (non-hydrogen) atoms. The van der Waals surface area contributed by atoms with E-state index in [1.165, 1.54) is 10.4 Å². The largest absolute Gasteiger partial charge is 0.396 e. The predicted octanol–water partition coefficient (Wildman–Crippen LogP) is 3.42. The van der Waals surface area contributed by atoms with E-state index in [9.17, 15) is 0 Å². The van der Waals surface area contributed by atoms with Gasteiger partial charge in [-0.15, -0.1) is 16.4 Å². The topological polar surface area (TPSA) is 75.3 Å². The zero-order chi connectivity index (χ0) is 17.4. The number of benzene rings is 1. The van der Waals surface area contributed by atoms with Gasteiger partial charge in [0.05, 0.1) is 5.39 Å². The number of thiophene rings is 1. The third kappa shape index (κ3) is 2.75. The van der Waals surface area contributed by atoms with Crippen molar-refractivity contribution in [2.45, 2.75) is 20.3 Å². The van der Waals surface area contributed by atoms with Crippen LogP contribution in [0.4, 0.5) is 5.95 Å². The molecule has 0 aliphatic carbocycles. The van der Waals surface area contributed by atoms with Gasteiger partial charge < -0.3 is 10.4 Å². The van der Waals surface area contributed by atoms with E-state index in [1.807, 2.05) is 30.3 Å². The maximum Gasteiger partial charge on any atom is 0.227 e. The highest BCUT2D eigenvalue weighted by Gasteiger charge is 2.18. The van der Waals surface area contributed by atoms with Crippen LogP contribution in [0.25, 0.3) is 27.3 Å². The number of aryl methyl sites for hydroxylation is 2. The predicted molar refractivity (Wildman–Crippen MR) is 101 cm³/mol. The van der Waals surface area contributed by atoms with E-state index in [2.05, 4.69) is 24.3 Å². The number of rotatable bonds is 5. The van der Waals surface area contributed by atoms with E-state index in [-0.39, 0.29) is 6.61 Å². The van der Waals surface area contributed by atoms with Crippen LogP contribution in [0.3, 0.4) is 0 Å². The molecule has 0 spiro atoms. The Morgan fingerprint density at radius 1 is 1.16 bits per heavy atom. The Labute approximate surface area is 149 Å². The Morgan fingerprint density at radius 3 is 2.72 bits per heavy atom. The maximum absolute atomic E-state index is 9.03. The van der Waals surface area contributed by atoms with Crippen LogP contribution in [0.5, 0.6) is 0 Å². The van der Waals surface area contributed by atoms with E-state index in [0.29, 0.717) is 24.7 Å². The molecule has 128 valence electrons. The molecule has 0 radical (unpaired) electrons. The quantitative estimate of drug-likeness (QED) is 0.538. The summed E-state index contributed by atoms with van der Waals surface area (Å²) in [5, 5.41) is 18.0. The molecule has 0 aliphatic heterocycles. The molecule has 3 aromatic heterocycles. The van der Waals surface area contributed by atoms with Crippen LogP contribution in [-0.4, -0.2) is 37.8 Å². The van der Waals surface area contributed by atoms with Crippen molar-refractivity contribution >= 4 is 33.1 Å². The van der Waals surface area contributed by atoms with Crippen LogP contribution >= 0.6 is 11.3 Å². The van der Waals surface area contributed by atoms with E-state index in [1.54, 1.807) is 15.9 Å². The Bertz CT molecular complexity index is 1040. The number of fused-ring (bicyclic) bond motifs is 3. The average Bonchev–Trinajstić information content (AvgIpc) is 3.18. The minimum atomic E-state index is 0.141. The molecule has 0 aliphatic rings. The van der Waals surface area contributed by atoms with Crippen molar-refractivity contribution in [3.8, 4) is 11.4 Å². The normalized spacial score (nSPS) is 11.5. The van der Waals surface area contributed by atoms with Gasteiger partial charge in [0.2, 0.25) is 5.95 Å². The molecule has 0 unspecified atom stereocenters. The van der Waals surface area contributed by atoms with Crippen LogP contribution in [0.2, 0.25) is 0 Å². The fourth-order valence-corrected chi connectivity index (χ4v) is 3.84. The first kappa shape index (κ1) is 16.0. The third-order valence-electron chi connectivity index (χ3n) is 4.26. The van der Waals surface area contributed by atoms with Crippen molar-refractivity contribution in [2.75, 3.05) is 18.5 Å². The number of nitrogens with zero attached hydrogens (tertiary/aromatic N) is 4. The molecular formula is C18H19N5OS. The molecule has 4 aromatic rings. The van der Waals surface area contributed by atoms with Gasteiger partial charge in [0.1, 0.15) is 4.83 Å². The van der Waals surface area contributed by atoms with Crippen molar-refractivity contribution < 1.29 is 5.11 Å². The van der Waals surface area contributed by atoms with Crippen LogP contribution in [-0.2, 0) is 0 Å². The number of aromatic nitrogens is 4. The van der Waals surface area contributed by atoms with Crippen LogP contribution in [0.15, 0.2) is 30.3 Å². The third-order valence-corrected chi connectivity index (χ3v) is 5.36. The van der Waals surface area contributed by atoms with Gasteiger partial charge in [0, 0.05) is 23.6 Å². The molecule has 1 aromatic carbocycles. The summed E-state index contributed by atoms with van der Waals surface area (Å²) in [7, 11) is 0. The molecule has 0 amide bonds. The second-order valence-electron chi connectivity index (χ2n) is 5.94. The first-order valence-corrected chi connectivity index (χ1v) is 9.07. The van der Waals surface area contributed by atoms with Gasteiger partial charge in [0.25, 0.3) is 0 Å². The van der Waals surface area contributed by atoms with Gasteiger partial charge in [-0.25, -0.2) is 9.97 Å². The Balaban J connectivity index is 1.95. The summed E-state index contributed by atoms with van der Waals surface area (Å²) in [5.41, 5.74) is 2.99. The summed E-state index contributed by atoms with van der Waals surface area (Å²) in [6.45, 7) is 4.98. The monoisotopic (exact) mass is 353 g/mol. The number of nitrogens with one attached hydrogen (secondary N) is 1. The Kier molecular flexibility index (Phi) is 4.10. The van der Waals surface area contributed by atoms with Crippen LogP contribution in [0, 0.1) is 13.8 Å². The summed E-state index contributed by atoms with van der Waals surface area (Å²) in [6, 6.07) is 9.95. The number of aliphatic hydroxyl groups excluding tert-OH is 1. The smallest absolute Gasteiger partial charge is 0.227 e. The lowest BCUT2D eigenvalue weighted by Gasteiger charge is -2.06. The second-order valence-corrected chi connectivity index (χ2v) is 7.14. The molecule has 4 rings (SSSR count). The molecule has 7 heteroatoms. The number of anilines is 1. The lowest BCUT2D eigenvalue weighted by molar-refractivity contribution is 0.292. The summed E-state index contributed by atoms with van der Waals surface area (Å²) in [6.07, 6.45) is 0.657. The average molecular weight is 353 g/mol. The lowest BCUT2D eigenvalue weighted by Crippen LogP contribution is -2.10.